The molecule has 0 saturated heterocycles. The molecule has 1 atom stereocenters. The van der Waals surface area contributed by atoms with Gasteiger partial charge in [-0.25, -0.2) is 9.37 Å². The average molecular weight is 313 g/mol. The first-order valence-corrected chi connectivity index (χ1v) is 7.48. The van der Waals surface area contributed by atoms with Crippen LogP contribution in [-0.4, -0.2) is 40.3 Å². The highest BCUT2D eigenvalue weighted by Crippen LogP contribution is 2.20. The molecule has 5 nitrogen and oxygen atoms in total. The first-order valence-electron chi connectivity index (χ1n) is 7.48. The van der Waals surface area contributed by atoms with Gasteiger partial charge < -0.3 is 10.2 Å². The molecule has 0 aliphatic heterocycles. The molecule has 0 amide bonds. The third-order valence-corrected chi connectivity index (χ3v) is 3.86. The van der Waals surface area contributed by atoms with Crippen LogP contribution in [0.2, 0.25) is 0 Å². The second-order valence-corrected chi connectivity index (χ2v) is 5.84. The van der Waals surface area contributed by atoms with Gasteiger partial charge in [0.25, 0.3) is 0 Å². The summed E-state index contributed by atoms with van der Waals surface area (Å²) in [6.07, 6.45) is 3.88. The van der Waals surface area contributed by atoms with Crippen LogP contribution < -0.4 is 5.32 Å². The maximum absolute atomic E-state index is 13.3. The highest BCUT2D eigenvalue weighted by atomic mass is 19.1. The summed E-state index contributed by atoms with van der Waals surface area (Å²) in [5.74, 6) is 0.461. The fourth-order valence-corrected chi connectivity index (χ4v) is 2.60. The van der Waals surface area contributed by atoms with Gasteiger partial charge in [0.05, 0.1) is 17.8 Å². The molecule has 120 valence electrons. The molecule has 3 aromatic rings. The number of aryl methyl sites for hydroxylation is 1. The number of benzene rings is 1. The Hall–Kier alpha value is -2.47. The number of halogens is 1. The number of nitrogens with zero attached hydrogens (tertiary/aromatic N) is 4. The van der Waals surface area contributed by atoms with Crippen molar-refractivity contribution < 1.29 is 4.39 Å². The van der Waals surface area contributed by atoms with Gasteiger partial charge in [-0.3, -0.25) is 4.68 Å². The maximum Gasteiger partial charge on any atom is 0.126 e. The van der Waals surface area contributed by atoms with Crippen LogP contribution in [-0.2, 0) is 7.05 Å². The number of aromatic nitrogens is 3. The monoisotopic (exact) mass is 313 g/mol. The van der Waals surface area contributed by atoms with Gasteiger partial charge in [0.2, 0.25) is 0 Å². The van der Waals surface area contributed by atoms with Crippen LogP contribution in [0.5, 0.6) is 0 Å². The molecule has 0 unspecified atom stereocenters. The van der Waals surface area contributed by atoms with Crippen molar-refractivity contribution >= 4 is 16.7 Å². The van der Waals surface area contributed by atoms with Gasteiger partial charge in [0.15, 0.2) is 0 Å². The van der Waals surface area contributed by atoms with Crippen molar-refractivity contribution in [2.24, 2.45) is 7.05 Å². The summed E-state index contributed by atoms with van der Waals surface area (Å²) >= 11 is 0. The predicted octanol–water partition coefficient (Wildman–Crippen LogP) is 2.82. The Kier molecular flexibility index (Phi) is 4.25. The SMILES string of the molecule is CN(C)[C@H](CNc1ccc2ccc(F)cc2n1)c1cnn(C)c1. The number of pyridine rings is 1. The van der Waals surface area contributed by atoms with Crippen molar-refractivity contribution in [3.63, 3.8) is 0 Å². The van der Waals surface area contributed by atoms with E-state index in [0.29, 0.717) is 12.1 Å². The van der Waals surface area contributed by atoms with Crippen molar-refractivity contribution in [3.8, 4) is 0 Å². The molecular weight excluding hydrogens is 293 g/mol. The second-order valence-electron chi connectivity index (χ2n) is 5.84. The zero-order chi connectivity index (χ0) is 16.4. The van der Waals surface area contributed by atoms with E-state index >= 15 is 0 Å². The lowest BCUT2D eigenvalue weighted by Crippen LogP contribution is -2.26. The number of anilines is 1. The van der Waals surface area contributed by atoms with Crippen LogP contribution in [0, 0.1) is 5.82 Å². The van der Waals surface area contributed by atoms with Gasteiger partial charge in [-0.1, -0.05) is 0 Å². The number of likely N-dealkylation sites (N-methyl/N-ethyl adjacent to an activating group) is 1. The van der Waals surface area contributed by atoms with Gasteiger partial charge in [0.1, 0.15) is 11.6 Å². The zero-order valence-corrected chi connectivity index (χ0v) is 13.5. The summed E-state index contributed by atoms with van der Waals surface area (Å²) in [4.78, 5) is 6.61. The molecule has 0 aliphatic rings. The summed E-state index contributed by atoms with van der Waals surface area (Å²) in [7, 11) is 5.97. The third kappa shape index (κ3) is 3.48. The minimum Gasteiger partial charge on any atom is -0.368 e. The van der Waals surface area contributed by atoms with Crippen LogP contribution in [0.1, 0.15) is 11.6 Å². The Bertz CT molecular complexity index is 812. The minimum atomic E-state index is -0.274. The molecule has 1 aromatic carbocycles. The molecule has 0 saturated carbocycles. The topological polar surface area (TPSA) is 46.0 Å². The summed E-state index contributed by atoms with van der Waals surface area (Å²) in [6.45, 7) is 0.687. The van der Waals surface area contributed by atoms with Gasteiger partial charge in [-0.2, -0.15) is 5.10 Å². The fraction of sp³-hybridized carbons (Fsp3) is 0.294. The molecular formula is C17H20FN5. The predicted molar refractivity (Wildman–Crippen MR) is 89.8 cm³/mol. The van der Waals surface area contributed by atoms with E-state index < -0.39 is 0 Å². The number of nitrogens with one attached hydrogen (secondary N) is 1. The summed E-state index contributed by atoms with van der Waals surface area (Å²) in [5, 5.41) is 8.49. The van der Waals surface area contributed by atoms with E-state index in [0.717, 1.165) is 16.8 Å². The standard InChI is InChI=1S/C17H20FN5/c1-22(2)16(13-9-20-23(3)11-13)10-19-17-7-5-12-4-6-14(18)8-15(12)21-17/h4-9,11,16H,10H2,1-3H3,(H,19,21)/t16-/m1/s1. The zero-order valence-electron chi connectivity index (χ0n) is 13.5. The van der Waals surface area contributed by atoms with Crippen LogP contribution in [0.25, 0.3) is 10.9 Å². The Balaban J connectivity index is 1.78. The first-order chi connectivity index (χ1) is 11.0. The maximum atomic E-state index is 13.3. The summed E-state index contributed by atoms with van der Waals surface area (Å²) < 4.78 is 15.1. The van der Waals surface area contributed by atoms with Crippen molar-refractivity contribution in [2.45, 2.75) is 6.04 Å². The lowest BCUT2D eigenvalue weighted by atomic mass is 10.1. The number of fused-ring (bicyclic) bond motifs is 1. The smallest absolute Gasteiger partial charge is 0.126 e. The van der Waals surface area contributed by atoms with E-state index in [-0.39, 0.29) is 11.9 Å². The molecule has 2 heterocycles. The Labute approximate surface area is 134 Å². The highest BCUT2D eigenvalue weighted by molar-refractivity contribution is 5.80. The molecule has 6 heteroatoms. The van der Waals surface area contributed by atoms with Crippen LogP contribution >= 0.6 is 0 Å². The largest absolute Gasteiger partial charge is 0.368 e. The Morgan fingerprint density at radius 3 is 2.74 bits per heavy atom. The first kappa shape index (κ1) is 15.4. The van der Waals surface area contributed by atoms with Crippen LogP contribution in [0.3, 0.4) is 0 Å². The molecule has 0 fully saturated rings. The lowest BCUT2D eigenvalue weighted by molar-refractivity contribution is 0.311. The van der Waals surface area contributed by atoms with Crippen LogP contribution in [0.15, 0.2) is 42.7 Å². The Morgan fingerprint density at radius 2 is 2.04 bits per heavy atom. The Morgan fingerprint density at radius 1 is 1.26 bits per heavy atom. The molecule has 3 rings (SSSR count). The normalized spacial score (nSPS) is 12.7. The summed E-state index contributed by atoms with van der Waals surface area (Å²) in [6, 6.07) is 8.66. The average Bonchev–Trinajstić information content (AvgIpc) is 2.93. The number of hydrogen-bond donors (Lipinski definition) is 1. The van der Waals surface area contributed by atoms with Crippen molar-refractivity contribution in [1.82, 2.24) is 19.7 Å². The van der Waals surface area contributed by atoms with E-state index in [4.69, 9.17) is 0 Å². The molecule has 2 aromatic heterocycles. The van der Waals surface area contributed by atoms with Gasteiger partial charge >= 0.3 is 0 Å². The second kappa shape index (κ2) is 6.34. The van der Waals surface area contributed by atoms with Crippen molar-refractivity contribution in [2.75, 3.05) is 26.0 Å². The van der Waals surface area contributed by atoms with Crippen molar-refractivity contribution in [3.05, 3.63) is 54.1 Å². The van der Waals surface area contributed by atoms with E-state index in [2.05, 4.69) is 20.3 Å². The number of rotatable bonds is 5. The highest BCUT2D eigenvalue weighted by Gasteiger charge is 2.15. The fourth-order valence-electron chi connectivity index (χ4n) is 2.60. The van der Waals surface area contributed by atoms with Gasteiger partial charge in [-0.15, -0.1) is 0 Å². The molecule has 23 heavy (non-hydrogen) atoms. The quantitative estimate of drug-likeness (QED) is 0.787. The van der Waals surface area contributed by atoms with E-state index in [1.807, 2.05) is 45.7 Å². The summed E-state index contributed by atoms with van der Waals surface area (Å²) in [5.41, 5.74) is 1.79. The van der Waals surface area contributed by atoms with Gasteiger partial charge in [0, 0.05) is 36.8 Å². The van der Waals surface area contributed by atoms with Crippen LogP contribution in [0.4, 0.5) is 10.2 Å². The molecule has 0 aliphatic carbocycles. The minimum absolute atomic E-state index is 0.175. The third-order valence-electron chi connectivity index (χ3n) is 3.86. The van der Waals surface area contributed by atoms with Crippen molar-refractivity contribution in [1.29, 1.82) is 0 Å². The van der Waals surface area contributed by atoms with Gasteiger partial charge in [-0.05, 0) is 38.4 Å². The number of hydrogen-bond acceptors (Lipinski definition) is 4. The van der Waals surface area contributed by atoms with E-state index in [9.17, 15) is 4.39 Å². The van der Waals surface area contributed by atoms with E-state index in [1.165, 1.54) is 12.1 Å². The molecule has 0 spiro atoms. The molecule has 0 radical (unpaired) electrons. The molecule has 0 bridgehead atoms. The van der Waals surface area contributed by atoms with E-state index in [1.54, 1.807) is 10.7 Å². The lowest BCUT2D eigenvalue weighted by Gasteiger charge is -2.23. The molecule has 1 N–H and O–H groups in total.